The summed E-state index contributed by atoms with van der Waals surface area (Å²) in [6.45, 7) is 8.11. The first kappa shape index (κ1) is 23.3. The van der Waals surface area contributed by atoms with E-state index in [-0.39, 0.29) is 18.3 Å². The molecule has 4 aliphatic rings. The Bertz CT molecular complexity index is 1490. The van der Waals surface area contributed by atoms with E-state index in [1.54, 1.807) is 6.08 Å². The molecule has 2 aromatic rings. The van der Waals surface area contributed by atoms with E-state index in [9.17, 15) is 0 Å². The summed E-state index contributed by atoms with van der Waals surface area (Å²) >= 11 is 0. The van der Waals surface area contributed by atoms with Gasteiger partial charge in [-0.05, 0) is 63.4 Å². The van der Waals surface area contributed by atoms with Crippen molar-refractivity contribution in [2.45, 2.75) is 24.7 Å². The summed E-state index contributed by atoms with van der Waals surface area (Å²) in [5.41, 5.74) is 5.81. The second-order valence-electron chi connectivity index (χ2n) is 9.99. The molecule has 0 radical (unpaired) electrons. The third-order valence-corrected chi connectivity index (χ3v) is 7.52. The minimum atomic E-state index is -0.0623. The maximum Gasteiger partial charge on any atom is 0.127 e. The van der Waals surface area contributed by atoms with Crippen LogP contribution in [0.5, 0.6) is 0 Å². The van der Waals surface area contributed by atoms with Crippen LogP contribution in [0.4, 0.5) is 0 Å². The molecule has 0 amide bonds. The molecule has 2 aromatic carbocycles. The first-order chi connectivity index (χ1) is 18.2. The summed E-state index contributed by atoms with van der Waals surface area (Å²) in [6.07, 6.45) is 24.6. The van der Waals surface area contributed by atoms with Crippen LogP contribution in [0.1, 0.15) is 17.5 Å². The average Bonchev–Trinajstić information content (AvgIpc) is 3.42. The van der Waals surface area contributed by atoms with E-state index < -0.39 is 0 Å². The van der Waals surface area contributed by atoms with Gasteiger partial charge in [-0.25, -0.2) is 0 Å². The molecule has 2 aliphatic carbocycles. The van der Waals surface area contributed by atoms with Crippen LogP contribution in [0.3, 0.4) is 0 Å². The molecule has 0 spiro atoms. The topological polar surface area (TPSA) is 33.3 Å². The fourth-order valence-corrected chi connectivity index (χ4v) is 5.51. The third kappa shape index (κ3) is 4.83. The number of hydrogen-bond donors (Lipinski definition) is 2. The van der Waals surface area contributed by atoms with Crippen molar-refractivity contribution < 1.29 is 4.74 Å². The van der Waals surface area contributed by atoms with Gasteiger partial charge in [0.2, 0.25) is 0 Å². The molecule has 3 nitrogen and oxygen atoms in total. The van der Waals surface area contributed by atoms with Crippen molar-refractivity contribution >= 4 is 23.4 Å². The van der Waals surface area contributed by atoms with Crippen LogP contribution >= 0.6 is 0 Å². The highest BCUT2D eigenvalue weighted by atomic mass is 16.5. The average molecular weight is 485 g/mol. The molecule has 37 heavy (non-hydrogen) atoms. The maximum absolute atomic E-state index is 5.71. The molecule has 2 N–H and O–H groups in total. The van der Waals surface area contributed by atoms with Gasteiger partial charge in [0.1, 0.15) is 12.3 Å². The summed E-state index contributed by atoms with van der Waals surface area (Å²) in [5.74, 6) is 0.647. The monoisotopic (exact) mass is 484 g/mol. The number of benzene rings is 2. The Morgan fingerprint density at radius 3 is 2.73 bits per heavy atom. The zero-order valence-corrected chi connectivity index (χ0v) is 20.9. The van der Waals surface area contributed by atoms with Crippen LogP contribution in [-0.4, -0.2) is 18.3 Å². The summed E-state index contributed by atoms with van der Waals surface area (Å²) in [5, 5.41) is 9.97. The maximum atomic E-state index is 5.71. The van der Waals surface area contributed by atoms with Gasteiger partial charge < -0.3 is 10.1 Å². The highest BCUT2D eigenvalue weighted by Gasteiger charge is 2.28. The minimum absolute atomic E-state index is 0.0623. The molecule has 0 bridgehead atoms. The number of rotatable bonds is 6. The standard InChI is InChI=1S/C34H32N2O/c1-3-4-9-23(2)34-35-31(24-10-6-5-7-11-24)22-32(36-34)28-13-8-12-25(18-28)26-14-15-27-21-33-29(16-17-37-33)20-30(27)19-26/h3-12,14-22,28-29,32-36H,1-2,13H2/b9-4-. The van der Waals surface area contributed by atoms with Crippen molar-refractivity contribution in [2.24, 2.45) is 11.8 Å². The fraction of sp³-hybridized carbons (Fsp3) is 0.176. The van der Waals surface area contributed by atoms with Gasteiger partial charge >= 0.3 is 0 Å². The van der Waals surface area contributed by atoms with Crippen molar-refractivity contribution in [3.8, 4) is 0 Å². The van der Waals surface area contributed by atoms with E-state index >= 15 is 0 Å². The van der Waals surface area contributed by atoms with Crippen LogP contribution < -0.4 is 21.1 Å². The van der Waals surface area contributed by atoms with E-state index in [4.69, 9.17) is 4.74 Å². The lowest BCUT2D eigenvalue weighted by Crippen LogP contribution is -2.53. The lowest BCUT2D eigenvalue weighted by Gasteiger charge is -2.36. The Morgan fingerprint density at radius 1 is 0.973 bits per heavy atom. The minimum Gasteiger partial charge on any atom is -0.493 e. The number of allylic oxidation sites excluding steroid dienone is 5. The fourth-order valence-electron chi connectivity index (χ4n) is 5.51. The number of ether oxygens (including phenoxy) is 1. The highest BCUT2D eigenvalue weighted by molar-refractivity contribution is 5.76. The van der Waals surface area contributed by atoms with E-state index in [1.807, 2.05) is 18.4 Å². The van der Waals surface area contributed by atoms with Gasteiger partial charge in [0.15, 0.2) is 0 Å². The Morgan fingerprint density at radius 2 is 1.86 bits per heavy atom. The lowest BCUT2D eigenvalue weighted by atomic mass is 9.85. The smallest absolute Gasteiger partial charge is 0.127 e. The van der Waals surface area contributed by atoms with Crippen LogP contribution in [0.15, 0.2) is 122 Å². The summed E-state index contributed by atoms with van der Waals surface area (Å²) in [7, 11) is 0. The molecule has 2 heterocycles. The lowest BCUT2D eigenvalue weighted by molar-refractivity contribution is 0.210. The molecule has 3 heteroatoms. The quantitative estimate of drug-likeness (QED) is 0.568. The van der Waals surface area contributed by atoms with Crippen molar-refractivity contribution in [3.63, 3.8) is 0 Å². The Balaban J connectivity index is 1.32. The first-order valence-electron chi connectivity index (χ1n) is 13.0. The van der Waals surface area contributed by atoms with Crippen molar-refractivity contribution in [1.82, 2.24) is 10.6 Å². The Labute approximate surface area is 219 Å². The first-order valence-corrected chi connectivity index (χ1v) is 13.0. The van der Waals surface area contributed by atoms with E-state index in [0.29, 0.717) is 11.8 Å². The predicted octanol–water partition coefficient (Wildman–Crippen LogP) is 4.98. The van der Waals surface area contributed by atoms with Crippen molar-refractivity contribution in [1.29, 1.82) is 0 Å². The number of fused-ring (bicyclic) bond motifs is 2. The summed E-state index contributed by atoms with van der Waals surface area (Å²) < 4.78 is 5.71. The third-order valence-electron chi connectivity index (χ3n) is 7.52. The van der Waals surface area contributed by atoms with E-state index in [0.717, 1.165) is 17.7 Å². The van der Waals surface area contributed by atoms with Gasteiger partial charge in [-0.15, -0.1) is 0 Å². The second kappa shape index (κ2) is 10.1. The van der Waals surface area contributed by atoms with Gasteiger partial charge in [-0.2, -0.15) is 0 Å². The number of hydrogen-bond acceptors (Lipinski definition) is 3. The van der Waals surface area contributed by atoms with Gasteiger partial charge in [0, 0.05) is 23.6 Å². The predicted molar refractivity (Wildman–Crippen MR) is 154 cm³/mol. The zero-order chi connectivity index (χ0) is 25.2. The molecule has 184 valence electrons. The molecule has 5 atom stereocenters. The molecule has 0 saturated heterocycles. The van der Waals surface area contributed by atoms with Gasteiger partial charge in [-0.3, -0.25) is 5.32 Å². The van der Waals surface area contributed by atoms with Gasteiger partial charge in [0.25, 0.3) is 0 Å². The van der Waals surface area contributed by atoms with Gasteiger partial charge in [-0.1, -0.05) is 98.2 Å². The molecule has 0 fully saturated rings. The number of nitrogens with one attached hydrogen (secondary N) is 2. The van der Waals surface area contributed by atoms with Crippen molar-refractivity contribution in [2.75, 3.05) is 0 Å². The summed E-state index contributed by atoms with van der Waals surface area (Å²) in [4.78, 5) is 0. The highest BCUT2D eigenvalue weighted by Crippen LogP contribution is 2.30. The Kier molecular flexibility index (Phi) is 6.38. The van der Waals surface area contributed by atoms with Crippen LogP contribution in [0, 0.1) is 11.8 Å². The SMILES string of the molecule is C=C/C=C\C(=C)C1NC(c2ccccc2)=CC(C2C=C(c3ccc4c(c3)=CC3C=COC3C=4)C=CC2)N1. The van der Waals surface area contributed by atoms with Crippen LogP contribution in [0.25, 0.3) is 23.4 Å². The molecule has 0 aromatic heterocycles. The van der Waals surface area contributed by atoms with Gasteiger partial charge in [0.05, 0.1) is 6.26 Å². The van der Waals surface area contributed by atoms with E-state index in [2.05, 4.69) is 115 Å². The molecular formula is C34H32N2O. The molecule has 0 saturated carbocycles. The Hall–Kier alpha value is -4.08. The molecule has 2 aliphatic heterocycles. The zero-order valence-electron chi connectivity index (χ0n) is 20.9. The summed E-state index contributed by atoms with van der Waals surface area (Å²) in [6, 6.07) is 17.5. The van der Waals surface area contributed by atoms with Crippen LogP contribution in [0.2, 0.25) is 0 Å². The normalized spacial score (nSPS) is 27.5. The van der Waals surface area contributed by atoms with E-state index in [1.165, 1.54) is 27.1 Å². The molecule has 5 unspecified atom stereocenters. The largest absolute Gasteiger partial charge is 0.493 e. The second-order valence-corrected chi connectivity index (χ2v) is 9.99. The molecule has 6 rings (SSSR count). The van der Waals surface area contributed by atoms with Crippen LogP contribution in [-0.2, 0) is 4.74 Å². The molecular weight excluding hydrogens is 452 g/mol. The van der Waals surface area contributed by atoms with Crippen molar-refractivity contribution in [3.05, 3.63) is 144 Å².